The molecule has 0 spiro atoms. The SMILES string of the molecule is CNS(=O)(=O)c1ccc(C(=O)NC2CCN(C(=O)NC3CCCCC3)CC2)o1. The third-order valence-corrected chi connectivity index (χ3v) is 6.68. The van der Waals surface area contributed by atoms with Gasteiger partial charge in [0.25, 0.3) is 15.9 Å². The van der Waals surface area contributed by atoms with Crippen LogP contribution in [0.5, 0.6) is 0 Å². The number of rotatable bonds is 5. The summed E-state index contributed by atoms with van der Waals surface area (Å²) in [6.07, 6.45) is 6.97. The van der Waals surface area contributed by atoms with Crippen molar-refractivity contribution in [1.82, 2.24) is 20.3 Å². The largest absolute Gasteiger partial charge is 0.438 e. The second kappa shape index (κ2) is 8.95. The number of nitrogens with zero attached hydrogens (tertiary/aromatic N) is 1. The van der Waals surface area contributed by atoms with E-state index in [0.29, 0.717) is 25.9 Å². The van der Waals surface area contributed by atoms with Crippen LogP contribution in [0.3, 0.4) is 0 Å². The predicted molar refractivity (Wildman–Crippen MR) is 102 cm³/mol. The van der Waals surface area contributed by atoms with E-state index in [1.54, 1.807) is 4.90 Å². The van der Waals surface area contributed by atoms with E-state index >= 15 is 0 Å². The van der Waals surface area contributed by atoms with Crippen LogP contribution >= 0.6 is 0 Å². The summed E-state index contributed by atoms with van der Waals surface area (Å²) >= 11 is 0. The maximum Gasteiger partial charge on any atom is 0.317 e. The number of hydrogen-bond donors (Lipinski definition) is 3. The third kappa shape index (κ3) is 5.05. The summed E-state index contributed by atoms with van der Waals surface area (Å²) in [5.74, 6) is -0.506. The number of amides is 3. The van der Waals surface area contributed by atoms with Gasteiger partial charge in [-0.15, -0.1) is 0 Å². The van der Waals surface area contributed by atoms with Crippen LogP contribution in [-0.2, 0) is 10.0 Å². The first kappa shape index (κ1) is 20.7. The molecule has 2 heterocycles. The lowest BCUT2D eigenvalue weighted by Gasteiger charge is -2.34. The van der Waals surface area contributed by atoms with Crippen molar-refractivity contribution in [1.29, 1.82) is 0 Å². The topological polar surface area (TPSA) is 121 Å². The average Bonchev–Trinajstić information content (AvgIpc) is 3.21. The van der Waals surface area contributed by atoms with Crippen molar-refractivity contribution in [2.24, 2.45) is 0 Å². The molecule has 28 heavy (non-hydrogen) atoms. The molecular formula is C18H28N4O5S. The summed E-state index contributed by atoms with van der Waals surface area (Å²) in [5.41, 5.74) is 0. The van der Waals surface area contributed by atoms with E-state index in [0.717, 1.165) is 12.8 Å². The van der Waals surface area contributed by atoms with Crippen LogP contribution in [0.1, 0.15) is 55.5 Å². The van der Waals surface area contributed by atoms with Crippen LogP contribution in [-0.4, -0.2) is 57.5 Å². The molecule has 156 valence electrons. The molecule has 2 fully saturated rings. The van der Waals surface area contributed by atoms with Gasteiger partial charge in [0.1, 0.15) is 0 Å². The van der Waals surface area contributed by atoms with E-state index < -0.39 is 15.9 Å². The van der Waals surface area contributed by atoms with Gasteiger partial charge in [-0.25, -0.2) is 17.9 Å². The van der Waals surface area contributed by atoms with Gasteiger partial charge in [0, 0.05) is 25.2 Å². The summed E-state index contributed by atoms with van der Waals surface area (Å²) in [5, 5.41) is 5.67. The second-order valence-corrected chi connectivity index (χ2v) is 9.16. The molecule has 0 radical (unpaired) electrons. The van der Waals surface area contributed by atoms with Crippen LogP contribution in [0, 0.1) is 0 Å². The lowest BCUT2D eigenvalue weighted by atomic mass is 9.95. The molecule has 1 saturated heterocycles. The Kier molecular flexibility index (Phi) is 6.61. The van der Waals surface area contributed by atoms with Gasteiger partial charge in [-0.3, -0.25) is 4.79 Å². The Balaban J connectivity index is 1.46. The Hall–Kier alpha value is -2.07. The van der Waals surface area contributed by atoms with Crippen molar-refractivity contribution < 1.29 is 22.4 Å². The number of carbonyl (C=O) groups excluding carboxylic acids is 2. The van der Waals surface area contributed by atoms with E-state index in [2.05, 4.69) is 15.4 Å². The van der Waals surface area contributed by atoms with Crippen molar-refractivity contribution in [3.05, 3.63) is 17.9 Å². The third-order valence-electron chi connectivity index (χ3n) is 5.39. The first-order chi connectivity index (χ1) is 13.4. The molecule has 3 rings (SSSR count). The van der Waals surface area contributed by atoms with E-state index in [9.17, 15) is 18.0 Å². The molecule has 1 aromatic rings. The minimum Gasteiger partial charge on any atom is -0.438 e. The van der Waals surface area contributed by atoms with E-state index in [-0.39, 0.29) is 29.0 Å². The van der Waals surface area contributed by atoms with Crippen LogP contribution in [0.25, 0.3) is 0 Å². The van der Waals surface area contributed by atoms with Crippen molar-refractivity contribution in [3.63, 3.8) is 0 Å². The van der Waals surface area contributed by atoms with Crippen molar-refractivity contribution >= 4 is 22.0 Å². The lowest BCUT2D eigenvalue weighted by Crippen LogP contribution is -2.51. The molecule has 0 unspecified atom stereocenters. The maximum atomic E-state index is 12.4. The summed E-state index contributed by atoms with van der Waals surface area (Å²) in [6.45, 7) is 1.14. The first-order valence-electron chi connectivity index (χ1n) is 9.79. The number of furan rings is 1. The Morgan fingerprint density at radius 2 is 1.64 bits per heavy atom. The smallest absolute Gasteiger partial charge is 0.317 e. The monoisotopic (exact) mass is 412 g/mol. The molecule has 1 aliphatic heterocycles. The van der Waals surface area contributed by atoms with Gasteiger partial charge in [-0.1, -0.05) is 19.3 Å². The van der Waals surface area contributed by atoms with E-state index in [1.807, 2.05) is 0 Å². The molecule has 10 heteroatoms. The van der Waals surface area contributed by atoms with Crippen molar-refractivity contribution in [2.45, 2.75) is 62.1 Å². The molecule has 0 aromatic carbocycles. The van der Waals surface area contributed by atoms with Gasteiger partial charge in [0.2, 0.25) is 5.09 Å². The molecule has 3 N–H and O–H groups in total. The molecule has 1 aromatic heterocycles. The highest BCUT2D eigenvalue weighted by Gasteiger charge is 2.27. The van der Waals surface area contributed by atoms with Crippen LogP contribution in [0.2, 0.25) is 0 Å². The molecule has 3 amide bonds. The second-order valence-electron chi connectivity index (χ2n) is 7.35. The summed E-state index contributed by atoms with van der Waals surface area (Å²) in [6, 6.07) is 2.76. The molecule has 1 aliphatic carbocycles. The molecular weight excluding hydrogens is 384 g/mol. The van der Waals surface area contributed by atoms with Crippen LogP contribution in [0.15, 0.2) is 21.6 Å². The van der Waals surface area contributed by atoms with Gasteiger partial charge in [0.15, 0.2) is 5.76 Å². The minimum absolute atomic E-state index is 0.0235. The minimum atomic E-state index is -3.72. The van der Waals surface area contributed by atoms with E-state index in [4.69, 9.17) is 4.42 Å². The fourth-order valence-electron chi connectivity index (χ4n) is 3.68. The highest BCUT2D eigenvalue weighted by molar-refractivity contribution is 7.89. The van der Waals surface area contributed by atoms with E-state index in [1.165, 1.54) is 38.4 Å². The lowest BCUT2D eigenvalue weighted by molar-refractivity contribution is 0.0884. The van der Waals surface area contributed by atoms with Gasteiger partial charge in [0.05, 0.1) is 0 Å². The number of sulfonamides is 1. The summed E-state index contributed by atoms with van der Waals surface area (Å²) < 4.78 is 30.7. The Bertz CT molecular complexity index is 793. The standard InChI is InChI=1S/C18H28N4O5S/c1-19-28(25,26)16-8-7-15(27-16)17(23)20-14-9-11-22(12-10-14)18(24)21-13-5-3-2-4-6-13/h7-8,13-14,19H,2-6,9-12H2,1H3,(H,20,23)(H,21,24). The van der Waals surface area contributed by atoms with Crippen molar-refractivity contribution in [2.75, 3.05) is 20.1 Å². The number of likely N-dealkylation sites (tertiary alicyclic amines) is 1. The molecule has 0 atom stereocenters. The first-order valence-corrected chi connectivity index (χ1v) is 11.3. The molecule has 0 bridgehead atoms. The zero-order valence-electron chi connectivity index (χ0n) is 16.1. The number of urea groups is 1. The Labute approximate surface area is 165 Å². The number of hydrogen-bond acceptors (Lipinski definition) is 5. The molecule has 1 saturated carbocycles. The Morgan fingerprint density at radius 3 is 2.29 bits per heavy atom. The number of carbonyl (C=O) groups is 2. The zero-order valence-corrected chi connectivity index (χ0v) is 16.9. The molecule has 9 nitrogen and oxygen atoms in total. The zero-order chi connectivity index (χ0) is 20.1. The molecule has 2 aliphatic rings. The van der Waals surface area contributed by atoms with Crippen LogP contribution in [0.4, 0.5) is 4.79 Å². The van der Waals surface area contributed by atoms with Crippen molar-refractivity contribution in [3.8, 4) is 0 Å². The van der Waals surface area contributed by atoms with Crippen LogP contribution < -0.4 is 15.4 Å². The fraction of sp³-hybridized carbons (Fsp3) is 0.667. The maximum absolute atomic E-state index is 12.4. The quantitative estimate of drug-likeness (QED) is 0.675. The average molecular weight is 413 g/mol. The normalized spacial score (nSPS) is 19.4. The van der Waals surface area contributed by atoms with Gasteiger partial charge < -0.3 is 20.0 Å². The number of piperidine rings is 1. The summed E-state index contributed by atoms with van der Waals surface area (Å²) in [7, 11) is -2.45. The van der Waals surface area contributed by atoms with Gasteiger partial charge in [-0.2, -0.15) is 0 Å². The Morgan fingerprint density at radius 1 is 1.00 bits per heavy atom. The predicted octanol–water partition coefficient (Wildman–Crippen LogP) is 1.42. The van der Waals surface area contributed by atoms with Gasteiger partial charge >= 0.3 is 6.03 Å². The number of nitrogens with one attached hydrogen (secondary N) is 3. The highest BCUT2D eigenvalue weighted by atomic mass is 32.2. The summed E-state index contributed by atoms with van der Waals surface area (Å²) in [4.78, 5) is 26.5. The fourth-order valence-corrected chi connectivity index (χ4v) is 4.33. The highest BCUT2D eigenvalue weighted by Crippen LogP contribution is 2.19. The van der Waals surface area contributed by atoms with Gasteiger partial charge in [-0.05, 0) is 44.9 Å².